The first-order chi connectivity index (χ1) is 14.0. The van der Waals surface area contributed by atoms with Crippen molar-refractivity contribution in [2.45, 2.75) is 44.6 Å². The monoisotopic (exact) mass is 402 g/mol. The average molecular weight is 402 g/mol. The lowest BCUT2D eigenvalue weighted by Gasteiger charge is -2.47. The van der Waals surface area contributed by atoms with Crippen molar-refractivity contribution >= 4 is 11.8 Å². The first-order valence-electron chi connectivity index (χ1n) is 10.6. The second-order valence-corrected chi connectivity index (χ2v) is 8.59. The van der Waals surface area contributed by atoms with E-state index in [0.717, 1.165) is 45.3 Å². The number of phenols is 1. The molecule has 1 atom stereocenters. The van der Waals surface area contributed by atoms with Crippen LogP contribution in [0.5, 0.6) is 11.5 Å². The van der Waals surface area contributed by atoms with E-state index >= 15 is 0 Å². The Bertz CT molecular complexity index is 766. The fourth-order valence-corrected chi connectivity index (χ4v) is 4.90. The van der Waals surface area contributed by atoms with Gasteiger partial charge in [0.1, 0.15) is 0 Å². The molecule has 3 saturated heterocycles. The van der Waals surface area contributed by atoms with Crippen LogP contribution >= 0.6 is 0 Å². The van der Waals surface area contributed by atoms with Crippen molar-refractivity contribution < 1.29 is 24.2 Å². The number of nitrogens with zero attached hydrogens (tertiary/aromatic N) is 2. The topological polar surface area (TPSA) is 79.3 Å². The molecule has 0 unspecified atom stereocenters. The van der Waals surface area contributed by atoms with Crippen LogP contribution in [0.3, 0.4) is 0 Å². The number of ether oxygens (including phenoxy) is 2. The standard InChI is InChI=1S/C22H30N2O5/c1-28-19-5-4-16(13-18(19)25)21(27)23-10-8-22(9-11-23)7-6-20(26)24(15-22)14-17-3-2-12-29-17/h4-5,13,17,25H,2-3,6-12,14-15H2,1H3/t17-/m1/s1. The number of carbonyl (C=O) groups is 2. The number of phenolic OH excluding ortho intramolecular Hbond substituents is 1. The van der Waals surface area contributed by atoms with Crippen LogP contribution in [0.25, 0.3) is 0 Å². The summed E-state index contributed by atoms with van der Waals surface area (Å²) in [6, 6.07) is 4.77. The fourth-order valence-electron chi connectivity index (χ4n) is 4.90. The molecule has 29 heavy (non-hydrogen) atoms. The third-order valence-corrected chi connectivity index (χ3v) is 6.73. The van der Waals surface area contributed by atoms with Gasteiger partial charge in [0.2, 0.25) is 5.91 Å². The number of amides is 2. The number of aromatic hydroxyl groups is 1. The van der Waals surface area contributed by atoms with Crippen LogP contribution in [0.15, 0.2) is 18.2 Å². The van der Waals surface area contributed by atoms with Crippen LogP contribution in [-0.4, -0.2) is 72.7 Å². The molecule has 0 aliphatic carbocycles. The van der Waals surface area contributed by atoms with E-state index in [0.29, 0.717) is 37.4 Å². The molecule has 7 nitrogen and oxygen atoms in total. The highest BCUT2D eigenvalue weighted by atomic mass is 16.5. The number of benzene rings is 1. The van der Waals surface area contributed by atoms with Crippen LogP contribution in [-0.2, 0) is 9.53 Å². The van der Waals surface area contributed by atoms with Gasteiger partial charge in [0.25, 0.3) is 5.91 Å². The Balaban J connectivity index is 1.37. The maximum absolute atomic E-state index is 12.9. The Labute approximate surface area is 171 Å². The highest BCUT2D eigenvalue weighted by molar-refractivity contribution is 5.95. The quantitative estimate of drug-likeness (QED) is 0.837. The molecule has 3 fully saturated rings. The average Bonchev–Trinajstić information content (AvgIpc) is 3.24. The van der Waals surface area contributed by atoms with Crippen LogP contribution in [0, 0.1) is 5.41 Å². The van der Waals surface area contributed by atoms with E-state index < -0.39 is 0 Å². The van der Waals surface area contributed by atoms with Gasteiger partial charge in [-0.25, -0.2) is 0 Å². The number of methoxy groups -OCH3 is 1. The second-order valence-electron chi connectivity index (χ2n) is 8.59. The molecule has 7 heteroatoms. The Morgan fingerprint density at radius 3 is 2.76 bits per heavy atom. The van der Waals surface area contributed by atoms with E-state index in [9.17, 15) is 14.7 Å². The van der Waals surface area contributed by atoms with Crippen molar-refractivity contribution in [1.82, 2.24) is 9.80 Å². The van der Waals surface area contributed by atoms with Gasteiger partial charge >= 0.3 is 0 Å². The molecule has 0 aromatic heterocycles. The first-order valence-corrected chi connectivity index (χ1v) is 10.6. The van der Waals surface area contributed by atoms with E-state index in [1.807, 2.05) is 9.80 Å². The van der Waals surface area contributed by atoms with Crippen LogP contribution in [0.1, 0.15) is 48.9 Å². The second kappa shape index (κ2) is 8.22. The summed E-state index contributed by atoms with van der Waals surface area (Å²) in [5.74, 6) is 0.499. The predicted octanol–water partition coefficient (Wildman–Crippen LogP) is 2.42. The van der Waals surface area contributed by atoms with E-state index in [1.54, 1.807) is 12.1 Å². The van der Waals surface area contributed by atoms with Gasteiger partial charge in [0.15, 0.2) is 11.5 Å². The smallest absolute Gasteiger partial charge is 0.253 e. The van der Waals surface area contributed by atoms with E-state index in [-0.39, 0.29) is 29.1 Å². The first kappa shape index (κ1) is 20.0. The zero-order chi connectivity index (χ0) is 20.4. The van der Waals surface area contributed by atoms with Gasteiger partial charge in [-0.3, -0.25) is 9.59 Å². The number of likely N-dealkylation sites (tertiary alicyclic amines) is 2. The third kappa shape index (κ3) is 4.20. The molecule has 4 rings (SSSR count). The SMILES string of the molecule is COc1ccc(C(=O)N2CCC3(CCC(=O)N(C[C@H]4CCCO4)C3)CC2)cc1O. The number of hydrogen-bond acceptors (Lipinski definition) is 5. The molecule has 1 aromatic carbocycles. The lowest BCUT2D eigenvalue weighted by atomic mass is 9.72. The van der Waals surface area contributed by atoms with Crippen molar-refractivity contribution in [2.75, 3.05) is 39.9 Å². The molecule has 1 N–H and O–H groups in total. The predicted molar refractivity (Wildman–Crippen MR) is 107 cm³/mol. The van der Waals surface area contributed by atoms with Crippen LogP contribution in [0.2, 0.25) is 0 Å². The van der Waals surface area contributed by atoms with E-state index in [4.69, 9.17) is 9.47 Å². The summed E-state index contributed by atoms with van der Waals surface area (Å²) < 4.78 is 10.8. The Kier molecular flexibility index (Phi) is 5.67. The molecular weight excluding hydrogens is 372 g/mol. The van der Waals surface area contributed by atoms with Gasteiger partial charge in [-0.1, -0.05) is 0 Å². The molecule has 158 valence electrons. The maximum atomic E-state index is 12.9. The lowest BCUT2D eigenvalue weighted by Crippen LogP contribution is -2.53. The van der Waals surface area contributed by atoms with Gasteiger partial charge < -0.3 is 24.4 Å². The van der Waals surface area contributed by atoms with Crippen molar-refractivity contribution in [3.05, 3.63) is 23.8 Å². The molecule has 3 aliphatic rings. The Morgan fingerprint density at radius 2 is 2.10 bits per heavy atom. The summed E-state index contributed by atoms with van der Waals surface area (Å²) in [6.45, 7) is 3.63. The van der Waals surface area contributed by atoms with Crippen molar-refractivity contribution in [1.29, 1.82) is 0 Å². The highest BCUT2D eigenvalue weighted by Gasteiger charge is 2.42. The third-order valence-electron chi connectivity index (χ3n) is 6.73. The molecule has 2 amide bonds. The minimum atomic E-state index is -0.0686. The zero-order valence-corrected chi connectivity index (χ0v) is 17.1. The number of rotatable bonds is 4. The normalized spacial score (nSPS) is 24.2. The fraction of sp³-hybridized carbons (Fsp3) is 0.636. The minimum Gasteiger partial charge on any atom is -0.504 e. The molecule has 0 saturated carbocycles. The summed E-state index contributed by atoms with van der Waals surface area (Å²) in [5, 5.41) is 9.96. The van der Waals surface area contributed by atoms with Gasteiger partial charge in [0, 0.05) is 44.8 Å². The Hall–Kier alpha value is -2.28. The molecule has 3 heterocycles. The van der Waals surface area contributed by atoms with Crippen molar-refractivity contribution in [3.63, 3.8) is 0 Å². The Morgan fingerprint density at radius 1 is 1.31 bits per heavy atom. The molecule has 0 radical (unpaired) electrons. The summed E-state index contributed by atoms with van der Waals surface area (Å²) in [5.41, 5.74) is 0.573. The van der Waals surface area contributed by atoms with E-state index in [1.165, 1.54) is 13.2 Å². The molecule has 1 spiro atoms. The summed E-state index contributed by atoms with van der Waals surface area (Å²) in [7, 11) is 1.48. The maximum Gasteiger partial charge on any atom is 0.253 e. The van der Waals surface area contributed by atoms with Crippen molar-refractivity contribution in [2.24, 2.45) is 5.41 Å². The van der Waals surface area contributed by atoms with E-state index in [2.05, 4.69) is 0 Å². The molecular formula is C22H30N2O5. The summed E-state index contributed by atoms with van der Waals surface area (Å²) in [4.78, 5) is 29.1. The van der Waals surface area contributed by atoms with Gasteiger partial charge in [-0.15, -0.1) is 0 Å². The van der Waals surface area contributed by atoms with Gasteiger partial charge in [-0.05, 0) is 55.7 Å². The number of piperidine rings is 2. The number of hydrogen-bond donors (Lipinski definition) is 1. The number of carbonyl (C=O) groups excluding carboxylic acids is 2. The van der Waals surface area contributed by atoms with Gasteiger partial charge in [-0.2, -0.15) is 0 Å². The largest absolute Gasteiger partial charge is 0.504 e. The highest BCUT2D eigenvalue weighted by Crippen LogP contribution is 2.41. The zero-order valence-electron chi connectivity index (χ0n) is 17.1. The summed E-state index contributed by atoms with van der Waals surface area (Å²) in [6.07, 6.45) is 5.58. The lowest BCUT2D eigenvalue weighted by molar-refractivity contribution is -0.141. The minimum absolute atomic E-state index is 0.0256. The molecule has 0 bridgehead atoms. The van der Waals surface area contributed by atoms with Crippen LogP contribution < -0.4 is 4.74 Å². The van der Waals surface area contributed by atoms with Crippen molar-refractivity contribution in [3.8, 4) is 11.5 Å². The summed E-state index contributed by atoms with van der Waals surface area (Å²) >= 11 is 0. The van der Waals surface area contributed by atoms with Gasteiger partial charge in [0.05, 0.1) is 13.2 Å². The molecule has 3 aliphatic heterocycles. The van der Waals surface area contributed by atoms with Crippen LogP contribution in [0.4, 0.5) is 0 Å². The molecule has 1 aromatic rings.